The van der Waals surface area contributed by atoms with Crippen LogP contribution in [0.15, 0.2) is 0 Å². The Balaban J connectivity index is 0. The highest BCUT2D eigenvalue weighted by Gasteiger charge is 2.19. The molecule has 0 aliphatic rings. The molecule has 0 saturated carbocycles. The summed E-state index contributed by atoms with van der Waals surface area (Å²) < 4.78 is 14.5. The molecule has 0 radical (unpaired) electrons. The van der Waals surface area contributed by atoms with Crippen LogP contribution in [0.25, 0.3) is 0 Å². The zero-order chi connectivity index (χ0) is 21.7. The van der Waals surface area contributed by atoms with Crippen molar-refractivity contribution in [3.8, 4) is 0 Å². The van der Waals surface area contributed by atoms with Gasteiger partial charge in [-0.05, 0) is 30.7 Å². The fourth-order valence-electron chi connectivity index (χ4n) is 2.87. The van der Waals surface area contributed by atoms with Crippen LogP contribution in [-0.4, -0.2) is 56.4 Å². The van der Waals surface area contributed by atoms with Gasteiger partial charge in [0.25, 0.3) is 0 Å². The lowest BCUT2D eigenvalue weighted by Gasteiger charge is -2.12. The summed E-state index contributed by atoms with van der Waals surface area (Å²) in [4.78, 5) is 21.6. The van der Waals surface area contributed by atoms with E-state index in [-0.39, 0.29) is 6.10 Å². The molecule has 2 unspecified atom stereocenters. The average molecular weight is 446 g/mol. The van der Waals surface area contributed by atoms with Crippen molar-refractivity contribution in [3.05, 3.63) is 0 Å². The SMILES string of the molecule is CCCCCCCCCCCCOCC(O)C[S+](CC)CCC.O=P(O)(O)O. The molecule has 4 N–H and O–H groups in total. The molecule has 0 spiro atoms. The van der Waals surface area contributed by atoms with E-state index in [0.717, 1.165) is 18.8 Å². The summed E-state index contributed by atoms with van der Waals surface area (Å²) in [6.07, 6.45) is 14.5. The van der Waals surface area contributed by atoms with Crippen LogP contribution in [0.2, 0.25) is 0 Å². The molecule has 0 aliphatic heterocycles. The molecule has 0 saturated heterocycles. The standard InChI is InChI=1S/C20H43O2S.H3O4P/c1-4-7-8-9-10-11-12-13-14-15-16-22-18-20(21)19-23(6-3)17-5-2;1-5(2,3)4/h20-21H,4-19H2,1-3H3;(H3,1,2,3,4)/q+1;. The Labute approximate surface area is 176 Å². The van der Waals surface area contributed by atoms with E-state index in [9.17, 15) is 5.11 Å². The topological polar surface area (TPSA) is 107 Å². The van der Waals surface area contributed by atoms with Crippen LogP contribution >= 0.6 is 7.82 Å². The molecular formula is C20H46O6PS+. The number of aliphatic hydroxyl groups excluding tert-OH is 1. The number of ether oxygens (including phenoxy) is 1. The fourth-order valence-corrected chi connectivity index (χ4v) is 4.77. The van der Waals surface area contributed by atoms with Crippen molar-refractivity contribution in [2.24, 2.45) is 0 Å². The smallest absolute Gasteiger partial charge is 0.386 e. The van der Waals surface area contributed by atoms with E-state index in [2.05, 4.69) is 20.8 Å². The molecule has 0 rings (SSSR count). The zero-order valence-electron chi connectivity index (χ0n) is 18.4. The van der Waals surface area contributed by atoms with E-state index in [1.54, 1.807) is 0 Å². The first-order valence-corrected chi connectivity index (χ1v) is 14.2. The fraction of sp³-hybridized carbons (Fsp3) is 1.00. The van der Waals surface area contributed by atoms with Crippen LogP contribution in [0.5, 0.6) is 0 Å². The summed E-state index contributed by atoms with van der Waals surface area (Å²) in [6, 6.07) is 0. The normalized spacial score (nSPS) is 13.7. The number of rotatable bonds is 18. The van der Waals surface area contributed by atoms with Crippen molar-refractivity contribution in [2.75, 3.05) is 30.5 Å². The predicted molar refractivity (Wildman–Crippen MR) is 121 cm³/mol. The minimum Gasteiger partial charge on any atom is -0.386 e. The predicted octanol–water partition coefficient (Wildman–Crippen LogP) is 4.40. The Morgan fingerprint density at radius 1 is 0.821 bits per heavy atom. The Morgan fingerprint density at radius 3 is 1.71 bits per heavy atom. The summed E-state index contributed by atoms with van der Waals surface area (Å²) in [7, 11) is -4.25. The quantitative estimate of drug-likeness (QED) is 0.141. The minimum absolute atomic E-state index is 0.257. The first kappa shape index (κ1) is 30.6. The highest BCUT2D eigenvalue weighted by Crippen LogP contribution is 2.25. The van der Waals surface area contributed by atoms with Gasteiger partial charge in [0.1, 0.15) is 23.4 Å². The van der Waals surface area contributed by atoms with E-state index in [1.165, 1.54) is 75.7 Å². The molecule has 0 heterocycles. The largest absolute Gasteiger partial charge is 0.466 e. The van der Waals surface area contributed by atoms with Gasteiger partial charge in [0.05, 0.1) is 6.61 Å². The molecule has 28 heavy (non-hydrogen) atoms. The second-order valence-electron chi connectivity index (χ2n) is 7.20. The third-order valence-electron chi connectivity index (χ3n) is 4.28. The Bertz CT molecular complexity index is 345. The monoisotopic (exact) mass is 445 g/mol. The van der Waals surface area contributed by atoms with Gasteiger partial charge in [-0.1, -0.05) is 71.6 Å². The van der Waals surface area contributed by atoms with Crippen LogP contribution < -0.4 is 0 Å². The molecule has 2 atom stereocenters. The van der Waals surface area contributed by atoms with Crippen molar-refractivity contribution >= 4 is 18.7 Å². The summed E-state index contributed by atoms with van der Waals surface area (Å²) in [5.74, 6) is 3.39. The molecular weight excluding hydrogens is 399 g/mol. The van der Waals surface area contributed by atoms with Gasteiger partial charge < -0.3 is 24.5 Å². The average Bonchev–Trinajstić information content (AvgIpc) is 2.61. The molecule has 0 aromatic heterocycles. The van der Waals surface area contributed by atoms with Crippen LogP contribution in [0.1, 0.15) is 91.4 Å². The van der Waals surface area contributed by atoms with Gasteiger partial charge in [0, 0.05) is 6.61 Å². The number of aliphatic hydroxyl groups is 1. The van der Waals surface area contributed by atoms with E-state index >= 15 is 0 Å². The minimum atomic E-state index is -4.64. The highest BCUT2D eigenvalue weighted by molar-refractivity contribution is 7.96. The van der Waals surface area contributed by atoms with Gasteiger partial charge in [-0.15, -0.1) is 0 Å². The summed E-state index contributed by atoms with van der Waals surface area (Å²) in [5.41, 5.74) is 0. The molecule has 0 amide bonds. The summed E-state index contributed by atoms with van der Waals surface area (Å²) >= 11 is 0. The first-order chi connectivity index (χ1) is 13.2. The van der Waals surface area contributed by atoms with Crippen LogP contribution in [0.4, 0.5) is 0 Å². The Morgan fingerprint density at radius 2 is 1.29 bits per heavy atom. The second kappa shape index (κ2) is 22.1. The van der Waals surface area contributed by atoms with Crippen molar-refractivity contribution in [2.45, 2.75) is 97.5 Å². The van der Waals surface area contributed by atoms with Crippen molar-refractivity contribution < 1.29 is 29.1 Å². The zero-order valence-corrected chi connectivity index (χ0v) is 20.1. The summed E-state index contributed by atoms with van der Waals surface area (Å²) in [5, 5.41) is 10.0. The number of hydrogen-bond donors (Lipinski definition) is 4. The van der Waals surface area contributed by atoms with Crippen LogP contribution in [0, 0.1) is 0 Å². The van der Waals surface area contributed by atoms with Gasteiger partial charge in [-0.25, -0.2) is 4.57 Å². The molecule has 8 heteroatoms. The van der Waals surface area contributed by atoms with Gasteiger partial charge in [-0.2, -0.15) is 0 Å². The second-order valence-corrected chi connectivity index (χ2v) is 10.8. The molecule has 6 nitrogen and oxygen atoms in total. The third-order valence-corrected chi connectivity index (χ3v) is 6.94. The maximum absolute atomic E-state index is 10.0. The van der Waals surface area contributed by atoms with Crippen molar-refractivity contribution in [1.29, 1.82) is 0 Å². The van der Waals surface area contributed by atoms with Crippen molar-refractivity contribution in [3.63, 3.8) is 0 Å². The molecule has 0 fully saturated rings. The number of unbranched alkanes of at least 4 members (excludes halogenated alkanes) is 9. The lowest BCUT2D eigenvalue weighted by Crippen LogP contribution is -2.28. The maximum atomic E-state index is 10.0. The Kier molecular flexibility index (Phi) is 24.1. The van der Waals surface area contributed by atoms with E-state index in [4.69, 9.17) is 24.0 Å². The lowest BCUT2D eigenvalue weighted by atomic mass is 10.1. The number of phosphoric acid groups is 1. The number of hydrogen-bond acceptors (Lipinski definition) is 3. The van der Waals surface area contributed by atoms with Gasteiger partial charge in [0.2, 0.25) is 0 Å². The lowest BCUT2D eigenvalue weighted by molar-refractivity contribution is 0.0465. The van der Waals surface area contributed by atoms with E-state index in [1.807, 2.05) is 0 Å². The first-order valence-electron chi connectivity index (χ1n) is 10.9. The Hall–Kier alpha value is 0.380. The van der Waals surface area contributed by atoms with E-state index < -0.39 is 7.82 Å². The maximum Gasteiger partial charge on any atom is 0.466 e. The van der Waals surface area contributed by atoms with Gasteiger partial charge >= 0.3 is 7.82 Å². The highest BCUT2D eigenvalue weighted by atomic mass is 32.2. The molecule has 0 aromatic rings. The van der Waals surface area contributed by atoms with Gasteiger partial charge in [0.15, 0.2) is 0 Å². The molecule has 0 aromatic carbocycles. The molecule has 172 valence electrons. The third kappa shape index (κ3) is 31.1. The van der Waals surface area contributed by atoms with Crippen LogP contribution in [0.3, 0.4) is 0 Å². The summed E-state index contributed by atoms with van der Waals surface area (Å²) in [6.45, 7) is 8.08. The van der Waals surface area contributed by atoms with Gasteiger partial charge in [-0.3, -0.25) is 0 Å². The van der Waals surface area contributed by atoms with E-state index in [0.29, 0.717) is 17.5 Å². The molecule has 0 aliphatic carbocycles. The molecule has 0 bridgehead atoms. The van der Waals surface area contributed by atoms with Crippen molar-refractivity contribution in [1.82, 2.24) is 0 Å². The van der Waals surface area contributed by atoms with Crippen LogP contribution in [-0.2, 0) is 20.2 Å².